The maximum Gasteiger partial charge on any atom is 0.152 e. The van der Waals surface area contributed by atoms with Gasteiger partial charge in [0.15, 0.2) is 5.75 Å². The summed E-state index contributed by atoms with van der Waals surface area (Å²) in [6.07, 6.45) is 1.74. The van der Waals surface area contributed by atoms with Crippen molar-refractivity contribution < 1.29 is 9.47 Å². The van der Waals surface area contributed by atoms with Crippen LogP contribution >= 0.6 is 15.9 Å². The predicted molar refractivity (Wildman–Crippen MR) is 64.7 cm³/mol. The minimum atomic E-state index is 0.685. The van der Waals surface area contributed by atoms with E-state index in [1.54, 1.807) is 6.20 Å². The molecule has 0 aromatic carbocycles. The Labute approximate surface area is 104 Å². The molecule has 0 spiro atoms. The van der Waals surface area contributed by atoms with Crippen LogP contribution in [0.1, 0.15) is 0 Å². The predicted octanol–water partition coefficient (Wildman–Crippen LogP) is 1.56. The molecule has 0 aliphatic carbocycles. The summed E-state index contributed by atoms with van der Waals surface area (Å²) in [6.45, 7) is 5.28. The van der Waals surface area contributed by atoms with Crippen LogP contribution in [-0.4, -0.2) is 49.3 Å². The Hall–Kier alpha value is -0.650. The monoisotopic (exact) mass is 286 g/mol. The van der Waals surface area contributed by atoms with Gasteiger partial charge < -0.3 is 9.47 Å². The van der Waals surface area contributed by atoms with Gasteiger partial charge in [-0.1, -0.05) is 0 Å². The molecule has 0 amide bonds. The van der Waals surface area contributed by atoms with Crippen LogP contribution in [0.25, 0.3) is 0 Å². The average Bonchev–Trinajstić information content (AvgIpc) is 2.33. The molecule has 16 heavy (non-hydrogen) atoms. The largest absolute Gasteiger partial charge is 0.489 e. The fourth-order valence-corrected chi connectivity index (χ4v) is 1.95. The van der Waals surface area contributed by atoms with E-state index < -0.39 is 0 Å². The van der Waals surface area contributed by atoms with E-state index in [1.807, 2.05) is 12.1 Å². The molecule has 2 rings (SSSR count). The van der Waals surface area contributed by atoms with Crippen LogP contribution in [0.5, 0.6) is 5.75 Å². The first-order valence-electron chi connectivity index (χ1n) is 5.39. The SMILES string of the molecule is Brc1ncccc1OCCN1CCOCC1. The van der Waals surface area contributed by atoms with E-state index >= 15 is 0 Å². The van der Waals surface area contributed by atoms with Crippen molar-refractivity contribution >= 4 is 15.9 Å². The van der Waals surface area contributed by atoms with Crippen LogP contribution in [0, 0.1) is 0 Å². The van der Waals surface area contributed by atoms with E-state index in [2.05, 4.69) is 25.8 Å². The van der Waals surface area contributed by atoms with Gasteiger partial charge in [0.25, 0.3) is 0 Å². The Morgan fingerprint density at radius 3 is 3.00 bits per heavy atom. The Balaban J connectivity index is 1.73. The van der Waals surface area contributed by atoms with Crippen molar-refractivity contribution in [3.05, 3.63) is 22.9 Å². The van der Waals surface area contributed by atoms with Crippen LogP contribution in [0.15, 0.2) is 22.9 Å². The summed E-state index contributed by atoms with van der Waals surface area (Å²) in [5.74, 6) is 0.802. The van der Waals surface area contributed by atoms with Crippen molar-refractivity contribution in [2.24, 2.45) is 0 Å². The lowest BCUT2D eigenvalue weighted by Gasteiger charge is -2.26. The molecule has 1 saturated heterocycles. The van der Waals surface area contributed by atoms with Gasteiger partial charge in [-0.25, -0.2) is 4.98 Å². The van der Waals surface area contributed by atoms with Crippen molar-refractivity contribution in [1.29, 1.82) is 0 Å². The topological polar surface area (TPSA) is 34.6 Å². The number of aromatic nitrogens is 1. The Morgan fingerprint density at radius 1 is 1.44 bits per heavy atom. The zero-order valence-corrected chi connectivity index (χ0v) is 10.6. The number of pyridine rings is 1. The maximum atomic E-state index is 5.65. The number of ether oxygens (including phenoxy) is 2. The first kappa shape index (κ1) is 11.8. The summed E-state index contributed by atoms with van der Waals surface area (Å²) in [6, 6.07) is 3.78. The van der Waals surface area contributed by atoms with E-state index in [4.69, 9.17) is 9.47 Å². The smallest absolute Gasteiger partial charge is 0.152 e. The summed E-state index contributed by atoms with van der Waals surface area (Å²) >= 11 is 3.35. The van der Waals surface area contributed by atoms with Crippen molar-refractivity contribution in [2.75, 3.05) is 39.5 Å². The zero-order valence-electron chi connectivity index (χ0n) is 9.06. The van der Waals surface area contributed by atoms with Crippen LogP contribution in [0.3, 0.4) is 0 Å². The molecule has 88 valence electrons. The highest BCUT2D eigenvalue weighted by Crippen LogP contribution is 2.20. The number of halogens is 1. The van der Waals surface area contributed by atoms with Gasteiger partial charge >= 0.3 is 0 Å². The van der Waals surface area contributed by atoms with Crippen molar-refractivity contribution in [2.45, 2.75) is 0 Å². The van der Waals surface area contributed by atoms with Crippen LogP contribution in [0.2, 0.25) is 0 Å². The number of morpholine rings is 1. The molecule has 2 heterocycles. The lowest BCUT2D eigenvalue weighted by atomic mass is 10.4. The second-order valence-electron chi connectivity index (χ2n) is 3.59. The lowest BCUT2D eigenvalue weighted by molar-refractivity contribution is 0.0322. The molecule has 0 atom stereocenters. The molecule has 1 aliphatic heterocycles. The van der Waals surface area contributed by atoms with E-state index in [0.717, 1.165) is 43.2 Å². The number of rotatable bonds is 4. The van der Waals surface area contributed by atoms with E-state index in [-0.39, 0.29) is 0 Å². The summed E-state index contributed by atoms with van der Waals surface area (Å²) in [5.41, 5.74) is 0. The van der Waals surface area contributed by atoms with Gasteiger partial charge in [0.2, 0.25) is 0 Å². The van der Waals surface area contributed by atoms with Gasteiger partial charge in [0.05, 0.1) is 13.2 Å². The number of nitrogens with zero attached hydrogens (tertiary/aromatic N) is 2. The molecule has 1 fully saturated rings. The standard InChI is InChI=1S/C11H15BrN2O2/c12-11-10(2-1-3-13-11)16-9-6-14-4-7-15-8-5-14/h1-3H,4-9H2. The highest BCUT2D eigenvalue weighted by atomic mass is 79.9. The molecule has 1 aromatic heterocycles. The maximum absolute atomic E-state index is 5.65. The van der Waals surface area contributed by atoms with E-state index in [1.165, 1.54) is 0 Å². The summed E-state index contributed by atoms with van der Waals surface area (Å²) < 4.78 is 11.7. The third kappa shape index (κ3) is 3.43. The minimum Gasteiger partial charge on any atom is -0.489 e. The summed E-state index contributed by atoms with van der Waals surface area (Å²) in [7, 11) is 0. The molecule has 4 nitrogen and oxygen atoms in total. The number of hydrogen-bond acceptors (Lipinski definition) is 4. The molecule has 0 saturated carbocycles. The highest BCUT2D eigenvalue weighted by Gasteiger charge is 2.10. The first-order valence-corrected chi connectivity index (χ1v) is 6.19. The normalized spacial score (nSPS) is 17.3. The molecule has 0 N–H and O–H groups in total. The van der Waals surface area contributed by atoms with Gasteiger partial charge in [-0.15, -0.1) is 0 Å². The summed E-state index contributed by atoms with van der Waals surface area (Å²) in [4.78, 5) is 6.44. The van der Waals surface area contributed by atoms with Crippen molar-refractivity contribution in [3.8, 4) is 5.75 Å². The van der Waals surface area contributed by atoms with Crippen LogP contribution in [0.4, 0.5) is 0 Å². The number of hydrogen-bond donors (Lipinski definition) is 0. The van der Waals surface area contributed by atoms with E-state index in [9.17, 15) is 0 Å². The minimum absolute atomic E-state index is 0.685. The molecule has 0 radical (unpaired) electrons. The quantitative estimate of drug-likeness (QED) is 0.787. The molecule has 0 unspecified atom stereocenters. The van der Waals surface area contributed by atoms with Crippen molar-refractivity contribution in [3.63, 3.8) is 0 Å². The van der Waals surface area contributed by atoms with Gasteiger partial charge in [-0.2, -0.15) is 0 Å². The first-order chi connectivity index (χ1) is 7.86. The molecule has 1 aromatic rings. The molecule has 1 aliphatic rings. The third-order valence-electron chi connectivity index (χ3n) is 2.49. The Kier molecular flexibility index (Phi) is 4.56. The Morgan fingerprint density at radius 2 is 2.25 bits per heavy atom. The molecule has 5 heteroatoms. The van der Waals surface area contributed by atoms with Crippen LogP contribution < -0.4 is 4.74 Å². The molecular weight excluding hydrogens is 272 g/mol. The summed E-state index contributed by atoms with van der Waals surface area (Å²) in [5, 5.41) is 0. The fraction of sp³-hybridized carbons (Fsp3) is 0.545. The molecular formula is C11H15BrN2O2. The van der Waals surface area contributed by atoms with Crippen LogP contribution in [-0.2, 0) is 4.74 Å². The van der Waals surface area contributed by atoms with Crippen molar-refractivity contribution in [1.82, 2.24) is 9.88 Å². The molecule has 0 bridgehead atoms. The lowest BCUT2D eigenvalue weighted by Crippen LogP contribution is -2.38. The Bertz CT molecular complexity index is 330. The second kappa shape index (κ2) is 6.18. The van der Waals surface area contributed by atoms with Gasteiger partial charge in [0, 0.05) is 25.8 Å². The van der Waals surface area contributed by atoms with Gasteiger partial charge in [-0.05, 0) is 28.1 Å². The van der Waals surface area contributed by atoms with Gasteiger partial charge in [-0.3, -0.25) is 4.90 Å². The fourth-order valence-electron chi connectivity index (χ4n) is 1.59. The van der Waals surface area contributed by atoms with Gasteiger partial charge in [0.1, 0.15) is 11.2 Å². The average molecular weight is 287 g/mol. The third-order valence-corrected chi connectivity index (χ3v) is 3.09. The zero-order chi connectivity index (χ0) is 11.2. The second-order valence-corrected chi connectivity index (χ2v) is 4.35. The van der Waals surface area contributed by atoms with E-state index in [0.29, 0.717) is 6.61 Å². The highest BCUT2D eigenvalue weighted by molar-refractivity contribution is 9.10.